The number of benzene rings is 1. The Morgan fingerprint density at radius 3 is 2.60 bits per heavy atom. The van der Waals surface area contributed by atoms with Crippen molar-refractivity contribution in [3.05, 3.63) is 46.6 Å². The second-order valence-corrected chi connectivity index (χ2v) is 7.34. The predicted molar refractivity (Wildman–Crippen MR) is 92.5 cm³/mol. The van der Waals surface area contributed by atoms with Crippen molar-refractivity contribution in [2.45, 2.75) is 18.9 Å². The molecule has 0 amide bonds. The van der Waals surface area contributed by atoms with E-state index in [1.165, 1.54) is 25.3 Å². The molecule has 2 aromatic heterocycles. The average Bonchev–Trinajstić information content (AvgIpc) is 3.16. The van der Waals surface area contributed by atoms with Crippen LogP contribution in [0.3, 0.4) is 0 Å². The highest BCUT2D eigenvalue weighted by molar-refractivity contribution is 7.92. The molecule has 0 spiro atoms. The van der Waals surface area contributed by atoms with Crippen LogP contribution in [0, 0.1) is 13.8 Å². The average molecular weight is 383 g/mol. The topological polar surface area (TPSA) is 94.6 Å². The molecule has 0 fully saturated rings. The third-order valence-electron chi connectivity index (χ3n) is 3.63. The van der Waals surface area contributed by atoms with Gasteiger partial charge >= 0.3 is 0 Å². The number of anilines is 1. The number of hydrogen-bond donors (Lipinski definition) is 1. The molecule has 1 N–H and O–H groups in total. The van der Waals surface area contributed by atoms with Gasteiger partial charge in [-0.2, -0.15) is 8.42 Å². The molecule has 0 atom stereocenters. The molecular formula is C16H15ClN2O5S. The van der Waals surface area contributed by atoms with Gasteiger partial charge in [0.25, 0.3) is 10.0 Å². The number of furan rings is 1. The fraction of sp³-hybridized carbons (Fsp3) is 0.188. The predicted octanol–water partition coefficient (Wildman–Crippen LogP) is 4.01. The van der Waals surface area contributed by atoms with Gasteiger partial charge < -0.3 is 13.7 Å². The molecule has 0 bridgehead atoms. The molecule has 1 aromatic carbocycles. The molecule has 0 saturated heterocycles. The zero-order valence-corrected chi connectivity index (χ0v) is 15.2. The number of hydrogen-bond acceptors (Lipinski definition) is 6. The molecular weight excluding hydrogens is 368 g/mol. The summed E-state index contributed by atoms with van der Waals surface area (Å²) in [6.07, 6.45) is 0. The largest absolute Gasteiger partial charge is 0.495 e. The summed E-state index contributed by atoms with van der Waals surface area (Å²) in [6.45, 7) is 3.60. The van der Waals surface area contributed by atoms with Crippen molar-refractivity contribution in [3.8, 4) is 17.3 Å². The van der Waals surface area contributed by atoms with E-state index in [-0.39, 0.29) is 16.5 Å². The summed E-state index contributed by atoms with van der Waals surface area (Å²) in [6, 6.07) is 7.46. The Morgan fingerprint density at radius 2 is 1.96 bits per heavy atom. The lowest BCUT2D eigenvalue weighted by Gasteiger charge is -2.10. The lowest BCUT2D eigenvalue weighted by atomic mass is 10.2. The van der Waals surface area contributed by atoms with E-state index >= 15 is 0 Å². The van der Waals surface area contributed by atoms with Gasteiger partial charge in [-0.15, -0.1) is 0 Å². The minimum absolute atomic E-state index is 0.208. The van der Waals surface area contributed by atoms with Crippen LogP contribution in [0.1, 0.15) is 11.3 Å². The Morgan fingerprint density at radius 1 is 1.20 bits per heavy atom. The third kappa shape index (κ3) is 3.35. The van der Waals surface area contributed by atoms with Crippen LogP contribution in [0.25, 0.3) is 11.5 Å². The molecule has 3 rings (SSSR count). The van der Waals surface area contributed by atoms with Crippen molar-refractivity contribution in [2.24, 2.45) is 0 Å². The Kier molecular flexibility index (Phi) is 4.49. The van der Waals surface area contributed by atoms with E-state index in [4.69, 9.17) is 25.3 Å². The Labute approximate surface area is 149 Å². The van der Waals surface area contributed by atoms with Crippen molar-refractivity contribution < 1.29 is 22.1 Å². The lowest BCUT2D eigenvalue weighted by Crippen LogP contribution is -2.12. The zero-order valence-electron chi connectivity index (χ0n) is 13.7. The van der Waals surface area contributed by atoms with Crippen molar-refractivity contribution in [2.75, 3.05) is 11.8 Å². The first-order chi connectivity index (χ1) is 11.8. The molecule has 3 aromatic rings. The van der Waals surface area contributed by atoms with Crippen molar-refractivity contribution in [1.82, 2.24) is 5.16 Å². The van der Waals surface area contributed by atoms with E-state index < -0.39 is 10.0 Å². The third-order valence-corrected chi connectivity index (χ3v) is 5.11. The van der Waals surface area contributed by atoms with Crippen molar-refractivity contribution in [3.63, 3.8) is 0 Å². The first kappa shape index (κ1) is 17.4. The smallest absolute Gasteiger partial charge is 0.295 e. The molecule has 0 unspecified atom stereocenters. The fourth-order valence-electron chi connectivity index (χ4n) is 2.19. The molecule has 132 valence electrons. The van der Waals surface area contributed by atoms with Gasteiger partial charge in [0.05, 0.1) is 18.5 Å². The lowest BCUT2D eigenvalue weighted by molar-refractivity contribution is 0.398. The molecule has 0 saturated carbocycles. The van der Waals surface area contributed by atoms with E-state index in [1.54, 1.807) is 19.1 Å². The second kappa shape index (κ2) is 6.45. The van der Waals surface area contributed by atoms with E-state index in [1.807, 2.05) is 6.92 Å². The summed E-state index contributed by atoms with van der Waals surface area (Å²) < 4.78 is 43.3. The number of aryl methyl sites for hydroxylation is 1. The maximum Gasteiger partial charge on any atom is 0.295 e. The van der Waals surface area contributed by atoms with Crippen LogP contribution in [-0.4, -0.2) is 20.7 Å². The van der Waals surface area contributed by atoms with Gasteiger partial charge in [0.15, 0.2) is 5.76 Å². The van der Waals surface area contributed by atoms with Gasteiger partial charge in [0, 0.05) is 10.6 Å². The minimum atomic E-state index is -3.97. The Bertz CT molecular complexity index is 1020. The Hall–Kier alpha value is -2.45. The summed E-state index contributed by atoms with van der Waals surface area (Å²) in [7, 11) is -2.54. The van der Waals surface area contributed by atoms with Gasteiger partial charge in [0.1, 0.15) is 5.75 Å². The highest BCUT2D eigenvalue weighted by Crippen LogP contribution is 2.32. The molecule has 7 nitrogen and oxygen atoms in total. The van der Waals surface area contributed by atoms with Crippen LogP contribution < -0.4 is 9.46 Å². The SMILES string of the molecule is COc1ccc(Cl)cc1NS(=O)(=O)c1ccc(-c2onc(C)c2C)o1. The van der Waals surface area contributed by atoms with Crippen LogP contribution in [0.2, 0.25) is 5.02 Å². The van der Waals surface area contributed by atoms with E-state index in [2.05, 4.69) is 9.88 Å². The van der Waals surface area contributed by atoms with Crippen molar-refractivity contribution in [1.29, 1.82) is 0 Å². The van der Waals surface area contributed by atoms with E-state index in [0.717, 1.165) is 5.56 Å². The second-order valence-electron chi connectivity index (χ2n) is 5.29. The number of methoxy groups -OCH3 is 1. The minimum Gasteiger partial charge on any atom is -0.495 e. The molecule has 0 radical (unpaired) electrons. The quantitative estimate of drug-likeness (QED) is 0.716. The molecule has 25 heavy (non-hydrogen) atoms. The van der Waals surface area contributed by atoms with Crippen LogP contribution in [0.5, 0.6) is 5.75 Å². The van der Waals surface area contributed by atoms with E-state index in [9.17, 15) is 8.42 Å². The number of halogens is 1. The van der Waals surface area contributed by atoms with Crippen LogP contribution in [0.15, 0.2) is 44.4 Å². The summed E-state index contributed by atoms with van der Waals surface area (Å²) in [4.78, 5) is 0. The number of rotatable bonds is 5. The van der Waals surface area contributed by atoms with Gasteiger partial charge in [0.2, 0.25) is 10.9 Å². The number of aromatic nitrogens is 1. The number of nitrogens with one attached hydrogen (secondary N) is 1. The standard InChI is InChI=1S/C16H15ClN2O5S/c1-9-10(2)18-24-16(9)14-6-7-15(23-14)25(20,21)19-12-8-11(17)4-5-13(12)22-3/h4-8,19H,1-3H3. The fourth-order valence-corrected chi connectivity index (χ4v) is 3.36. The number of ether oxygens (including phenoxy) is 1. The summed E-state index contributed by atoms with van der Waals surface area (Å²) in [5.74, 6) is 0.997. The first-order valence-electron chi connectivity index (χ1n) is 7.21. The van der Waals surface area contributed by atoms with Gasteiger partial charge in [-0.05, 0) is 44.2 Å². The van der Waals surface area contributed by atoms with Crippen LogP contribution in [0.4, 0.5) is 5.69 Å². The maximum absolute atomic E-state index is 12.6. The zero-order chi connectivity index (χ0) is 18.2. The summed E-state index contributed by atoms with van der Waals surface area (Å²) >= 11 is 5.92. The molecule has 0 aliphatic heterocycles. The van der Waals surface area contributed by atoms with Gasteiger partial charge in [-0.1, -0.05) is 16.8 Å². The monoisotopic (exact) mass is 382 g/mol. The molecule has 0 aliphatic rings. The summed E-state index contributed by atoms with van der Waals surface area (Å²) in [5.41, 5.74) is 1.69. The van der Waals surface area contributed by atoms with E-state index in [0.29, 0.717) is 22.2 Å². The van der Waals surface area contributed by atoms with Crippen LogP contribution in [-0.2, 0) is 10.0 Å². The Balaban J connectivity index is 1.94. The highest BCUT2D eigenvalue weighted by atomic mass is 35.5. The molecule has 9 heteroatoms. The maximum atomic E-state index is 12.6. The number of nitrogens with zero attached hydrogens (tertiary/aromatic N) is 1. The normalized spacial score (nSPS) is 11.5. The first-order valence-corrected chi connectivity index (χ1v) is 9.07. The summed E-state index contributed by atoms with van der Waals surface area (Å²) in [5, 5.41) is 3.93. The number of sulfonamides is 1. The van der Waals surface area contributed by atoms with Gasteiger partial charge in [-0.25, -0.2) is 0 Å². The van der Waals surface area contributed by atoms with Crippen LogP contribution >= 0.6 is 11.6 Å². The molecule has 0 aliphatic carbocycles. The van der Waals surface area contributed by atoms with Crippen molar-refractivity contribution >= 4 is 27.3 Å². The molecule has 2 heterocycles. The van der Waals surface area contributed by atoms with Gasteiger partial charge in [-0.3, -0.25) is 4.72 Å². The highest BCUT2D eigenvalue weighted by Gasteiger charge is 2.23.